The van der Waals surface area contributed by atoms with Gasteiger partial charge in [-0.25, -0.2) is 0 Å². The normalized spacial score (nSPS) is 19.5. The van der Waals surface area contributed by atoms with Gasteiger partial charge in [0.05, 0.1) is 12.3 Å². The maximum atomic E-state index is 6.06. The molecule has 1 aromatic carbocycles. The lowest BCUT2D eigenvalue weighted by molar-refractivity contribution is 0.201. The number of nitrogens with zero attached hydrogens (tertiary/aromatic N) is 3. The van der Waals surface area contributed by atoms with Crippen molar-refractivity contribution in [3.05, 3.63) is 53.8 Å². The van der Waals surface area contributed by atoms with Crippen LogP contribution in [-0.2, 0) is 0 Å². The molecule has 0 saturated heterocycles. The number of benzene rings is 1. The summed E-state index contributed by atoms with van der Waals surface area (Å²) in [7, 11) is 0. The summed E-state index contributed by atoms with van der Waals surface area (Å²) in [6.45, 7) is 8.62. The summed E-state index contributed by atoms with van der Waals surface area (Å²) < 4.78 is 6.06. The molecule has 2 aliphatic rings. The van der Waals surface area contributed by atoms with E-state index in [0.29, 0.717) is 6.04 Å². The van der Waals surface area contributed by atoms with Crippen LogP contribution in [0, 0.1) is 0 Å². The van der Waals surface area contributed by atoms with Gasteiger partial charge in [0.15, 0.2) is 0 Å². The maximum absolute atomic E-state index is 6.06. The monoisotopic (exact) mass is 335 g/mol. The van der Waals surface area contributed by atoms with Crippen LogP contribution in [0.2, 0.25) is 0 Å². The van der Waals surface area contributed by atoms with Gasteiger partial charge >= 0.3 is 0 Å². The van der Waals surface area contributed by atoms with Gasteiger partial charge in [-0.1, -0.05) is 44.2 Å². The van der Waals surface area contributed by atoms with Gasteiger partial charge in [-0.2, -0.15) is 5.10 Å². The largest absolute Gasteiger partial charge is 0.456 e. The third-order valence-corrected chi connectivity index (χ3v) is 5.27. The molecule has 1 aliphatic heterocycles. The van der Waals surface area contributed by atoms with Crippen molar-refractivity contribution in [2.45, 2.75) is 26.3 Å². The maximum Gasteiger partial charge on any atom is 0.134 e. The Balaban J connectivity index is 1.50. The van der Waals surface area contributed by atoms with E-state index in [-0.39, 0.29) is 0 Å². The molecule has 1 unspecified atom stereocenters. The molecular weight excluding hydrogens is 310 g/mol. The van der Waals surface area contributed by atoms with Crippen LogP contribution in [-0.4, -0.2) is 48.3 Å². The Morgan fingerprint density at radius 3 is 2.84 bits per heavy atom. The van der Waals surface area contributed by atoms with Gasteiger partial charge in [-0.15, -0.1) is 0 Å². The first-order valence-corrected chi connectivity index (χ1v) is 9.21. The third kappa shape index (κ3) is 3.14. The second-order valence-electron chi connectivity index (χ2n) is 6.66. The van der Waals surface area contributed by atoms with Gasteiger partial charge in [0.1, 0.15) is 11.3 Å². The zero-order valence-electron chi connectivity index (χ0n) is 15.0. The van der Waals surface area contributed by atoms with Crippen LogP contribution in [0.25, 0.3) is 16.5 Å². The number of fused-ring (bicyclic) bond motifs is 2. The molecule has 4 nitrogen and oxygen atoms in total. The highest BCUT2D eigenvalue weighted by Crippen LogP contribution is 2.34. The number of hydrazone groups is 1. The first-order valence-electron chi connectivity index (χ1n) is 9.21. The van der Waals surface area contributed by atoms with E-state index in [2.05, 4.69) is 59.2 Å². The van der Waals surface area contributed by atoms with Crippen molar-refractivity contribution in [3.63, 3.8) is 0 Å². The molecule has 1 aromatic heterocycles. The summed E-state index contributed by atoms with van der Waals surface area (Å²) in [5, 5.41) is 8.04. The van der Waals surface area contributed by atoms with Gasteiger partial charge in [-0.3, -0.25) is 5.01 Å². The number of likely N-dealkylation sites (N-methyl/N-ethyl adjacent to an activating group) is 1. The molecule has 0 saturated carbocycles. The molecule has 0 fully saturated rings. The van der Waals surface area contributed by atoms with Crippen molar-refractivity contribution in [2.75, 3.05) is 26.2 Å². The van der Waals surface area contributed by atoms with Gasteiger partial charge in [0.2, 0.25) is 0 Å². The molecule has 0 radical (unpaired) electrons. The van der Waals surface area contributed by atoms with Crippen LogP contribution in [0.3, 0.4) is 0 Å². The number of allylic oxidation sites excluding steroid dienone is 2. The fourth-order valence-electron chi connectivity index (χ4n) is 3.65. The summed E-state index contributed by atoms with van der Waals surface area (Å²) in [4.78, 5) is 2.44. The lowest BCUT2D eigenvalue weighted by atomic mass is 9.92. The summed E-state index contributed by atoms with van der Waals surface area (Å²) >= 11 is 0. The minimum Gasteiger partial charge on any atom is -0.456 e. The number of para-hydroxylation sites is 1. The van der Waals surface area contributed by atoms with Crippen LogP contribution in [0.15, 0.2) is 57.6 Å². The predicted molar refractivity (Wildman–Crippen MR) is 104 cm³/mol. The minimum absolute atomic E-state index is 0.337. The number of hydrogen-bond donors (Lipinski definition) is 0. The zero-order chi connectivity index (χ0) is 17.2. The van der Waals surface area contributed by atoms with Gasteiger partial charge in [0.25, 0.3) is 0 Å². The van der Waals surface area contributed by atoms with E-state index in [1.54, 1.807) is 0 Å². The molecule has 4 heteroatoms. The van der Waals surface area contributed by atoms with Crippen molar-refractivity contribution in [2.24, 2.45) is 5.10 Å². The molecule has 4 rings (SSSR count). The molecule has 1 aliphatic carbocycles. The molecule has 0 bridgehead atoms. The number of furan rings is 1. The average Bonchev–Trinajstić information content (AvgIpc) is 3.26. The summed E-state index contributed by atoms with van der Waals surface area (Å²) in [6.07, 6.45) is 7.34. The molecule has 25 heavy (non-hydrogen) atoms. The highest BCUT2D eigenvalue weighted by Gasteiger charge is 2.29. The average molecular weight is 335 g/mol. The van der Waals surface area contributed by atoms with Crippen molar-refractivity contribution in [1.29, 1.82) is 0 Å². The van der Waals surface area contributed by atoms with E-state index in [0.717, 1.165) is 49.3 Å². The molecule has 2 heterocycles. The Morgan fingerprint density at radius 2 is 2.04 bits per heavy atom. The molecule has 0 amide bonds. The van der Waals surface area contributed by atoms with E-state index in [4.69, 9.17) is 4.42 Å². The van der Waals surface area contributed by atoms with Crippen molar-refractivity contribution < 1.29 is 4.42 Å². The van der Waals surface area contributed by atoms with E-state index in [1.165, 1.54) is 11.1 Å². The summed E-state index contributed by atoms with van der Waals surface area (Å²) in [5.41, 5.74) is 3.51. The summed E-state index contributed by atoms with van der Waals surface area (Å²) in [5.74, 6) is 0.979. The van der Waals surface area contributed by atoms with Crippen LogP contribution in [0.4, 0.5) is 0 Å². The highest BCUT2D eigenvalue weighted by molar-refractivity contribution is 5.87. The highest BCUT2D eigenvalue weighted by atomic mass is 16.3. The predicted octanol–water partition coefficient (Wildman–Crippen LogP) is 4.16. The topological polar surface area (TPSA) is 32.0 Å². The van der Waals surface area contributed by atoms with Crippen LogP contribution in [0.5, 0.6) is 0 Å². The summed E-state index contributed by atoms with van der Waals surface area (Å²) in [6, 6.07) is 10.7. The van der Waals surface area contributed by atoms with Crippen LogP contribution < -0.4 is 0 Å². The fourth-order valence-corrected chi connectivity index (χ4v) is 3.65. The minimum atomic E-state index is 0.337. The first kappa shape index (κ1) is 16.2. The van der Waals surface area contributed by atoms with E-state index < -0.39 is 0 Å². The first-order chi connectivity index (χ1) is 12.3. The number of rotatable bonds is 6. The smallest absolute Gasteiger partial charge is 0.134 e. The Hall–Kier alpha value is -2.33. The van der Waals surface area contributed by atoms with Crippen molar-refractivity contribution in [1.82, 2.24) is 9.91 Å². The SMILES string of the molecule is CCN(CC)CCN1N=CC2=CC=C(c3cc4ccccc4o3)CC21. The molecule has 2 aromatic rings. The van der Waals surface area contributed by atoms with Gasteiger partial charge < -0.3 is 9.32 Å². The Bertz CT molecular complexity index is 809. The Kier molecular flexibility index (Phi) is 4.45. The van der Waals surface area contributed by atoms with Gasteiger partial charge in [-0.05, 0) is 36.4 Å². The Labute approximate surface area is 149 Å². The molecular formula is C21H25N3O. The second kappa shape index (κ2) is 6.89. The second-order valence-corrected chi connectivity index (χ2v) is 6.66. The molecule has 1 atom stereocenters. The lowest BCUT2D eigenvalue weighted by Crippen LogP contribution is -2.37. The van der Waals surface area contributed by atoms with E-state index in [9.17, 15) is 0 Å². The quantitative estimate of drug-likeness (QED) is 0.794. The standard InChI is InChI=1S/C21H25N3O/c1-3-23(4-2)11-12-24-19-13-17(9-10-18(19)15-22-24)21-14-16-7-5-6-8-20(16)25-21/h5-10,14-15,19H,3-4,11-13H2,1-2H3. The van der Waals surface area contributed by atoms with Crippen LogP contribution in [0.1, 0.15) is 26.0 Å². The van der Waals surface area contributed by atoms with E-state index >= 15 is 0 Å². The lowest BCUT2D eigenvalue weighted by Gasteiger charge is -2.29. The zero-order valence-corrected chi connectivity index (χ0v) is 15.0. The molecule has 0 spiro atoms. The molecule has 0 N–H and O–H groups in total. The Morgan fingerprint density at radius 1 is 1.20 bits per heavy atom. The van der Waals surface area contributed by atoms with Crippen molar-refractivity contribution >= 4 is 22.8 Å². The van der Waals surface area contributed by atoms with Gasteiger partial charge in [0, 0.05) is 24.9 Å². The molecule has 130 valence electrons. The van der Waals surface area contributed by atoms with Crippen LogP contribution >= 0.6 is 0 Å². The van der Waals surface area contributed by atoms with Crippen molar-refractivity contribution in [3.8, 4) is 0 Å². The fraction of sp³-hybridized carbons (Fsp3) is 0.381. The number of hydrogen-bond acceptors (Lipinski definition) is 4. The third-order valence-electron chi connectivity index (χ3n) is 5.27. The van der Waals surface area contributed by atoms with E-state index in [1.807, 2.05) is 18.3 Å².